The standard InChI is InChI=1S/C13H16N4O3S/c1-21(19,20)17-6-4-16(5-7-17)13(18)10-2-3-11-12(8-10)15-9-14-11/h2-3,8-9H,4-7H2,1H3,(H,14,15). The second kappa shape index (κ2) is 5.12. The van der Waals surface area contributed by atoms with Crippen molar-refractivity contribution in [2.45, 2.75) is 0 Å². The number of benzene rings is 1. The third-order valence-electron chi connectivity index (χ3n) is 3.66. The van der Waals surface area contributed by atoms with E-state index in [2.05, 4.69) is 9.97 Å². The summed E-state index contributed by atoms with van der Waals surface area (Å²) >= 11 is 0. The topological polar surface area (TPSA) is 86.4 Å². The third kappa shape index (κ3) is 2.77. The van der Waals surface area contributed by atoms with E-state index >= 15 is 0 Å². The summed E-state index contributed by atoms with van der Waals surface area (Å²) in [6, 6.07) is 5.32. The smallest absolute Gasteiger partial charge is 0.254 e. The number of piperazine rings is 1. The van der Waals surface area contributed by atoms with Crippen LogP contribution in [0.3, 0.4) is 0 Å². The summed E-state index contributed by atoms with van der Waals surface area (Å²) in [5.74, 6) is -0.0898. The van der Waals surface area contributed by atoms with E-state index in [1.54, 1.807) is 23.4 Å². The van der Waals surface area contributed by atoms with Gasteiger partial charge in [0.15, 0.2) is 0 Å². The highest BCUT2D eigenvalue weighted by Crippen LogP contribution is 2.15. The average Bonchev–Trinajstić information content (AvgIpc) is 2.93. The van der Waals surface area contributed by atoms with Crippen molar-refractivity contribution in [2.75, 3.05) is 32.4 Å². The molecule has 21 heavy (non-hydrogen) atoms. The lowest BCUT2D eigenvalue weighted by Crippen LogP contribution is -2.50. The molecule has 0 radical (unpaired) electrons. The molecule has 1 aromatic carbocycles. The fraction of sp³-hybridized carbons (Fsp3) is 0.385. The fourth-order valence-electron chi connectivity index (χ4n) is 2.47. The van der Waals surface area contributed by atoms with Gasteiger partial charge >= 0.3 is 0 Å². The molecule has 1 N–H and O–H groups in total. The van der Waals surface area contributed by atoms with E-state index in [9.17, 15) is 13.2 Å². The van der Waals surface area contributed by atoms with Crippen LogP contribution in [0.1, 0.15) is 10.4 Å². The highest BCUT2D eigenvalue weighted by Gasteiger charge is 2.26. The minimum Gasteiger partial charge on any atom is -0.345 e. The van der Waals surface area contributed by atoms with Gasteiger partial charge in [0.05, 0.1) is 23.6 Å². The van der Waals surface area contributed by atoms with Gasteiger partial charge in [0.1, 0.15) is 0 Å². The lowest BCUT2D eigenvalue weighted by atomic mass is 10.1. The summed E-state index contributed by atoms with van der Waals surface area (Å²) in [5.41, 5.74) is 2.20. The molecule has 1 saturated heterocycles. The number of sulfonamides is 1. The van der Waals surface area contributed by atoms with Crippen LogP contribution in [0.25, 0.3) is 11.0 Å². The zero-order chi connectivity index (χ0) is 15.0. The van der Waals surface area contributed by atoms with Gasteiger partial charge in [-0.15, -0.1) is 0 Å². The molecule has 0 unspecified atom stereocenters. The second-order valence-corrected chi connectivity index (χ2v) is 7.07. The predicted molar refractivity (Wildman–Crippen MR) is 78.4 cm³/mol. The molecule has 0 spiro atoms. The Balaban J connectivity index is 1.74. The number of nitrogens with zero attached hydrogens (tertiary/aromatic N) is 3. The Hall–Kier alpha value is -1.93. The Kier molecular flexibility index (Phi) is 3.42. The minimum atomic E-state index is -3.18. The quantitative estimate of drug-likeness (QED) is 0.863. The summed E-state index contributed by atoms with van der Waals surface area (Å²) in [6.07, 6.45) is 2.78. The van der Waals surface area contributed by atoms with Crippen LogP contribution in [0, 0.1) is 0 Å². The number of carbonyl (C=O) groups excluding carboxylic acids is 1. The van der Waals surface area contributed by atoms with Crippen molar-refractivity contribution in [3.63, 3.8) is 0 Å². The van der Waals surface area contributed by atoms with Gasteiger partial charge in [0.2, 0.25) is 10.0 Å². The summed E-state index contributed by atoms with van der Waals surface area (Å²) in [7, 11) is -3.18. The summed E-state index contributed by atoms with van der Waals surface area (Å²) in [4.78, 5) is 21.2. The van der Waals surface area contributed by atoms with Gasteiger partial charge in [0, 0.05) is 31.7 Å². The molecule has 1 aliphatic rings. The van der Waals surface area contributed by atoms with E-state index in [4.69, 9.17) is 0 Å². The minimum absolute atomic E-state index is 0.0898. The van der Waals surface area contributed by atoms with Crippen LogP contribution < -0.4 is 0 Å². The second-order valence-electron chi connectivity index (χ2n) is 5.09. The van der Waals surface area contributed by atoms with Crippen LogP contribution in [0.2, 0.25) is 0 Å². The van der Waals surface area contributed by atoms with Crippen LogP contribution >= 0.6 is 0 Å². The van der Waals surface area contributed by atoms with Gasteiger partial charge in [-0.1, -0.05) is 0 Å². The first kappa shape index (κ1) is 14.0. The van der Waals surface area contributed by atoms with Gasteiger partial charge in [-0.3, -0.25) is 4.79 Å². The number of rotatable bonds is 2. The van der Waals surface area contributed by atoms with Crippen molar-refractivity contribution in [1.82, 2.24) is 19.2 Å². The first-order valence-corrected chi connectivity index (χ1v) is 8.47. The lowest BCUT2D eigenvalue weighted by Gasteiger charge is -2.33. The van der Waals surface area contributed by atoms with Crippen molar-refractivity contribution in [2.24, 2.45) is 0 Å². The number of carbonyl (C=O) groups is 1. The molecule has 0 aliphatic carbocycles. The number of nitrogens with one attached hydrogen (secondary N) is 1. The molecule has 7 nitrogen and oxygen atoms in total. The first-order chi connectivity index (χ1) is 9.95. The molecule has 0 atom stereocenters. The largest absolute Gasteiger partial charge is 0.345 e. The highest BCUT2D eigenvalue weighted by atomic mass is 32.2. The van der Waals surface area contributed by atoms with Crippen LogP contribution in [-0.4, -0.2) is 65.9 Å². The number of hydrogen-bond acceptors (Lipinski definition) is 4. The maximum atomic E-state index is 12.4. The Labute approximate surface area is 122 Å². The molecule has 1 amide bonds. The van der Waals surface area contributed by atoms with E-state index in [1.165, 1.54) is 10.6 Å². The Bertz CT molecular complexity index is 776. The van der Waals surface area contributed by atoms with Gasteiger partial charge in [-0.25, -0.2) is 13.4 Å². The van der Waals surface area contributed by atoms with Crippen molar-refractivity contribution in [3.05, 3.63) is 30.1 Å². The number of amides is 1. The molecule has 8 heteroatoms. The molecule has 1 fully saturated rings. The van der Waals surface area contributed by atoms with Crippen molar-refractivity contribution in [1.29, 1.82) is 0 Å². The molecular formula is C13H16N4O3S. The highest BCUT2D eigenvalue weighted by molar-refractivity contribution is 7.88. The number of H-pyrrole nitrogens is 1. The summed E-state index contributed by atoms with van der Waals surface area (Å²) < 4.78 is 24.3. The Morgan fingerprint density at radius 2 is 1.95 bits per heavy atom. The first-order valence-electron chi connectivity index (χ1n) is 6.63. The van der Waals surface area contributed by atoms with Crippen molar-refractivity contribution < 1.29 is 13.2 Å². The van der Waals surface area contributed by atoms with E-state index in [0.717, 1.165) is 11.0 Å². The monoisotopic (exact) mass is 308 g/mol. The maximum absolute atomic E-state index is 12.4. The molecule has 2 heterocycles. The number of fused-ring (bicyclic) bond motifs is 1. The van der Waals surface area contributed by atoms with Gasteiger partial charge < -0.3 is 9.88 Å². The summed E-state index contributed by atoms with van der Waals surface area (Å²) in [6.45, 7) is 1.50. The van der Waals surface area contributed by atoms with Crippen molar-refractivity contribution >= 4 is 27.0 Å². The predicted octanol–water partition coefficient (Wildman–Crippen LogP) is 0.280. The van der Waals surface area contributed by atoms with Crippen LogP contribution in [0.5, 0.6) is 0 Å². The maximum Gasteiger partial charge on any atom is 0.254 e. The van der Waals surface area contributed by atoms with Crippen LogP contribution in [0.4, 0.5) is 0 Å². The molecule has 112 valence electrons. The van der Waals surface area contributed by atoms with E-state index in [-0.39, 0.29) is 5.91 Å². The fourth-order valence-corrected chi connectivity index (χ4v) is 3.30. The zero-order valence-corrected chi connectivity index (χ0v) is 12.4. The SMILES string of the molecule is CS(=O)(=O)N1CCN(C(=O)c2ccc3[nH]cnc3c2)CC1. The molecule has 1 aromatic heterocycles. The van der Waals surface area contributed by atoms with Gasteiger partial charge in [-0.2, -0.15) is 4.31 Å². The molecule has 2 aromatic rings. The zero-order valence-electron chi connectivity index (χ0n) is 11.6. The molecule has 1 aliphatic heterocycles. The average molecular weight is 308 g/mol. The van der Waals surface area contributed by atoms with E-state index < -0.39 is 10.0 Å². The number of hydrogen-bond donors (Lipinski definition) is 1. The molecule has 3 rings (SSSR count). The molecule has 0 bridgehead atoms. The third-order valence-corrected chi connectivity index (χ3v) is 4.97. The Morgan fingerprint density at radius 3 is 2.62 bits per heavy atom. The normalized spacial score (nSPS) is 17.3. The van der Waals surface area contributed by atoms with E-state index in [0.29, 0.717) is 31.7 Å². The van der Waals surface area contributed by atoms with Crippen LogP contribution in [0.15, 0.2) is 24.5 Å². The number of aromatic amines is 1. The number of imidazole rings is 1. The number of aromatic nitrogens is 2. The molecular weight excluding hydrogens is 292 g/mol. The summed E-state index contributed by atoms with van der Waals surface area (Å²) in [5, 5.41) is 0. The molecule has 0 saturated carbocycles. The van der Waals surface area contributed by atoms with Gasteiger partial charge in [-0.05, 0) is 18.2 Å². The van der Waals surface area contributed by atoms with E-state index in [1.807, 2.05) is 6.07 Å². The van der Waals surface area contributed by atoms with Crippen molar-refractivity contribution in [3.8, 4) is 0 Å². The Morgan fingerprint density at radius 1 is 1.24 bits per heavy atom. The van der Waals surface area contributed by atoms with Crippen LogP contribution in [-0.2, 0) is 10.0 Å². The van der Waals surface area contributed by atoms with Gasteiger partial charge in [0.25, 0.3) is 5.91 Å². The lowest BCUT2D eigenvalue weighted by molar-refractivity contribution is 0.0698.